The molecule has 0 radical (unpaired) electrons. The van der Waals surface area contributed by atoms with Crippen LogP contribution in [0.1, 0.15) is 49.7 Å². The second kappa shape index (κ2) is 7.17. The highest BCUT2D eigenvalue weighted by molar-refractivity contribution is 5.25. The van der Waals surface area contributed by atoms with Crippen LogP contribution >= 0.6 is 0 Å². The minimum absolute atomic E-state index is 0.316. The first-order valence-electron chi connectivity index (χ1n) is 6.40. The summed E-state index contributed by atoms with van der Waals surface area (Å²) in [7, 11) is 0. The van der Waals surface area contributed by atoms with E-state index in [1.165, 1.54) is 5.56 Å². The fourth-order valence-electron chi connectivity index (χ4n) is 1.92. The normalized spacial score (nSPS) is 12.4. The van der Waals surface area contributed by atoms with Crippen LogP contribution in [0.3, 0.4) is 0 Å². The molecule has 0 bridgehead atoms. The molecule has 1 heterocycles. The van der Waals surface area contributed by atoms with Gasteiger partial charge in [-0.15, -0.1) is 6.58 Å². The van der Waals surface area contributed by atoms with Crippen LogP contribution in [-0.4, -0.2) is 16.7 Å². The summed E-state index contributed by atoms with van der Waals surface area (Å²) < 4.78 is 0. The highest BCUT2D eigenvalue weighted by atomic mass is 15.1. The van der Waals surface area contributed by atoms with Crippen LogP contribution in [-0.2, 0) is 6.42 Å². The smallest absolute Gasteiger partial charge is 0.0676 e. The predicted molar refractivity (Wildman–Crippen MR) is 72.0 cm³/mol. The molecule has 17 heavy (non-hydrogen) atoms. The second-order valence-corrected chi connectivity index (χ2v) is 4.27. The number of nitrogens with zero attached hydrogens (tertiary/aromatic N) is 2. The van der Waals surface area contributed by atoms with E-state index in [2.05, 4.69) is 42.0 Å². The zero-order valence-corrected chi connectivity index (χ0v) is 11.2. The lowest BCUT2D eigenvalue weighted by molar-refractivity contribution is 0.529. The lowest BCUT2D eigenvalue weighted by Gasteiger charge is -2.19. The Morgan fingerprint density at radius 1 is 1.41 bits per heavy atom. The maximum absolute atomic E-state index is 4.28. The third kappa shape index (κ3) is 3.93. The Kier molecular flexibility index (Phi) is 5.84. The first-order valence-corrected chi connectivity index (χ1v) is 6.40. The quantitative estimate of drug-likeness (QED) is 0.736. The maximum atomic E-state index is 4.28. The van der Waals surface area contributed by atoms with Crippen molar-refractivity contribution in [2.24, 2.45) is 0 Å². The Bertz CT molecular complexity index is 360. The Hall–Kier alpha value is -1.22. The van der Waals surface area contributed by atoms with E-state index in [-0.39, 0.29) is 0 Å². The Balaban J connectivity index is 2.97. The molecule has 0 fully saturated rings. The van der Waals surface area contributed by atoms with E-state index in [4.69, 9.17) is 0 Å². The van der Waals surface area contributed by atoms with Gasteiger partial charge in [-0.3, -0.25) is 0 Å². The van der Waals surface area contributed by atoms with Crippen LogP contribution in [0.15, 0.2) is 18.7 Å². The minimum atomic E-state index is 0.316. The van der Waals surface area contributed by atoms with Crippen molar-refractivity contribution in [3.05, 3.63) is 35.7 Å². The molecule has 1 rings (SSSR count). The molecule has 0 saturated heterocycles. The molecular weight excluding hydrogens is 210 g/mol. The molecule has 0 saturated carbocycles. The molecule has 94 valence electrons. The van der Waals surface area contributed by atoms with Gasteiger partial charge < -0.3 is 5.32 Å². The van der Waals surface area contributed by atoms with Crippen molar-refractivity contribution >= 4 is 0 Å². The molecular formula is C14H23N3. The first kappa shape index (κ1) is 13.8. The largest absolute Gasteiger partial charge is 0.310 e. The molecule has 1 unspecified atom stereocenters. The highest BCUT2D eigenvalue weighted by Crippen LogP contribution is 2.21. The van der Waals surface area contributed by atoms with Gasteiger partial charge in [0.1, 0.15) is 0 Å². The van der Waals surface area contributed by atoms with Gasteiger partial charge in [-0.25, -0.2) is 0 Å². The van der Waals surface area contributed by atoms with Gasteiger partial charge in [0.05, 0.1) is 11.4 Å². The number of aryl methyl sites for hydroxylation is 2. The van der Waals surface area contributed by atoms with Crippen LogP contribution in [0.25, 0.3) is 0 Å². The Morgan fingerprint density at radius 2 is 2.18 bits per heavy atom. The molecule has 3 nitrogen and oxygen atoms in total. The van der Waals surface area contributed by atoms with Crippen molar-refractivity contribution in [1.29, 1.82) is 0 Å². The molecule has 0 aliphatic carbocycles. The third-order valence-corrected chi connectivity index (χ3v) is 2.78. The maximum Gasteiger partial charge on any atom is 0.0676 e. The van der Waals surface area contributed by atoms with Gasteiger partial charge in [0.15, 0.2) is 0 Å². The summed E-state index contributed by atoms with van der Waals surface area (Å²) in [4.78, 5) is 0. The summed E-state index contributed by atoms with van der Waals surface area (Å²) in [6, 6.07) is 2.46. The van der Waals surface area contributed by atoms with E-state index >= 15 is 0 Å². The molecule has 1 aromatic heterocycles. The fourth-order valence-corrected chi connectivity index (χ4v) is 1.92. The average molecular weight is 233 g/mol. The summed E-state index contributed by atoms with van der Waals surface area (Å²) in [5.74, 6) is 0. The fraction of sp³-hybridized carbons (Fsp3) is 0.571. The van der Waals surface area contributed by atoms with Crippen LogP contribution in [0.2, 0.25) is 0 Å². The van der Waals surface area contributed by atoms with Crippen molar-refractivity contribution in [3.8, 4) is 0 Å². The molecule has 0 aliphatic heterocycles. The molecule has 3 heteroatoms. The van der Waals surface area contributed by atoms with Crippen LogP contribution in [0.5, 0.6) is 0 Å². The lowest BCUT2D eigenvalue weighted by Crippen LogP contribution is -2.23. The van der Waals surface area contributed by atoms with E-state index in [0.717, 1.165) is 37.2 Å². The summed E-state index contributed by atoms with van der Waals surface area (Å²) in [6.45, 7) is 11.1. The summed E-state index contributed by atoms with van der Waals surface area (Å²) in [5.41, 5.74) is 3.34. The van der Waals surface area contributed by atoms with E-state index in [9.17, 15) is 0 Å². The van der Waals surface area contributed by atoms with Crippen molar-refractivity contribution < 1.29 is 0 Å². The van der Waals surface area contributed by atoms with Gasteiger partial charge in [0.2, 0.25) is 0 Å². The van der Waals surface area contributed by atoms with Gasteiger partial charge in [-0.1, -0.05) is 19.9 Å². The molecule has 0 amide bonds. The monoisotopic (exact) mass is 233 g/mol. The van der Waals surface area contributed by atoms with Crippen molar-refractivity contribution in [2.45, 2.75) is 46.1 Å². The third-order valence-electron chi connectivity index (χ3n) is 2.78. The highest BCUT2D eigenvalue weighted by Gasteiger charge is 2.14. The van der Waals surface area contributed by atoms with Crippen LogP contribution < -0.4 is 5.32 Å². The topological polar surface area (TPSA) is 37.8 Å². The van der Waals surface area contributed by atoms with Crippen molar-refractivity contribution in [2.75, 3.05) is 6.54 Å². The zero-order valence-electron chi connectivity index (χ0n) is 11.2. The number of aromatic nitrogens is 2. The molecule has 1 aromatic rings. The number of hydrogen-bond donors (Lipinski definition) is 1. The van der Waals surface area contributed by atoms with E-state index in [0.29, 0.717) is 6.04 Å². The van der Waals surface area contributed by atoms with Gasteiger partial charge in [0, 0.05) is 6.04 Å². The lowest BCUT2D eigenvalue weighted by atomic mass is 10.0. The van der Waals surface area contributed by atoms with Gasteiger partial charge in [-0.2, -0.15) is 10.2 Å². The molecule has 0 aliphatic rings. The Morgan fingerprint density at radius 3 is 2.76 bits per heavy atom. The molecule has 0 aromatic carbocycles. The molecule has 1 atom stereocenters. The van der Waals surface area contributed by atoms with Crippen LogP contribution in [0, 0.1) is 6.92 Å². The van der Waals surface area contributed by atoms with E-state index in [1.807, 2.05) is 13.0 Å². The zero-order chi connectivity index (χ0) is 12.7. The standard InChI is InChI=1S/C14H23N3/c1-5-8-14(15-9-6-2)12-10-11(4)16-17-13(12)7-3/h5,10,14-15H,1,6-9H2,2-4H3. The number of hydrogen-bond acceptors (Lipinski definition) is 3. The first-order chi connectivity index (χ1) is 8.22. The molecule has 1 N–H and O–H groups in total. The van der Waals surface area contributed by atoms with E-state index in [1.54, 1.807) is 0 Å². The summed E-state index contributed by atoms with van der Waals surface area (Å²) >= 11 is 0. The predicted octanol–water partition coefficient (Wildman–Crippen LogP) is 2.96. The number of nitrogens with one attached hydrogen (secondary N) is 1. The van der Waals surface area contributed by atoms with Gasteiger partial charge >= 0.3 is 0 Å². The van der Waals surface area contributed by atoms with Crippen LogP contribution in [0.4, 0.5) is 0 Å². The van der Waals surface area contributed by atoms with Gasteiger partial charge in [0.25, 0.3) is 0 Å². The SMILES string of the molecule is C=CCC(NCCC)c1cc(C)nnc1CC. The van der Waals surface area contributed by atoms with Crippen molar-refractivity contribution in [1.82, 2.24) is 15.5 Å². The minimum Gasteiger partial charge on any atom is -0.310 e. The summed E-state index contributed by atoms with van der Waals surface area (Å²) in [6.07, 6.45) is 4.94. The average Bonchev–Trinajstić information content (AvgIpc) is 2.34. The molecule has 0 spiro atoms. The second-order valence-electron chi connectivity index (χ2n) is 4.27. The summed E-state index contributed by atoms with van der Waals surface area (Å²) in [5, 5.41) is 12.0. The van der Waals surface area contributed by atoms with E-state index < -0.39 is 0 Å². The van der Waals surface area contributed by atoms with Gasteiger partial charge in [-0.05, 0) is 44.4 Å². The van der Waals surface area contributed by atoms with Crippen molar-refractivity contribution in [3.63, 3.8) is 0 Å². The number of rotatable bonds is 7. The Labute approximate surface area is 104 Å².